The van der Waals surface area contributed by atoms with E-state index in [0.29, 0.717) is 0 Å². The topological polar surface area (TPSA) is 69.7 Å². The Labute approximate surface area is 166 Å². The first-order chi connectivity index (χ1) is 13.2. The maximum atomic E-state index is 12.1. The number of carbonyl (C=O) groups is 1. The second-order valence-electron chi connectivity index (χ2n) is 6.24. The van der Waals surface area contributed by atoms with Crippen LogP contribution in [0.2, 0.25) is 0 Å². The molecule has 0 aliphatic heterocycles. The lowest BCUT2D eigenvalue weighted by Crippen LogP contribution is -2.11. The Balaban J connectivity index is 2.07. The molecule has 0 aliphatic rings. The summed E-state index contributed by atoms with van der Waals surface area (Å²) in [6.07, 6.45) is 6.44. The molecule has 2 rings (SSSR count). The number of ether oxygens (including phenoxy) is 1. The summed E-state index contributed by atoms with van der Waals surface area (Å²) in [5.74, 6) is 0.791. The summed E-state index contributed by atoms with van der Waals surface area (Å²) in [7, 11) is -1.95. The average molecular weight is 400 g/mol. The summed E-state index contributed by atoms with van der Waals surface area (Å²) in [6.45, 7) is 5.30. The maximum Gasteiger partial charge on any atom is 0.308 e. The van der Waals surface area contributed by atoms with Crippen LogP contribution in [-0.2, 0) is 14.9 Å². The van der Waals surface area contributed by atoms with Gasteiger partial charge in [0.1, 0.15) is 11.5 Å². The van der Waals surface area contributed by atoms with Gasteiger partial charge in [-0.25, -0.2) is 0 Å². The van der Waals surface area contributed by atoms with E-state index >= 15 is 0 Å². The Morgan fingerprint density at radius 1 is 0.929 bits per heavy atom. The number of hydrogen-bond donors (Lipinski definition) is 0. The van der Waals surface area contributed by atoms with Crippen LogP contribution in [0.1, 0.15) is 29.2 Å². The molecular formula is C22H24O5S. The molecule has 0 aliphatic carbocycles. The van der Waals surface area contributed by atoms with Gasteiger partial charge in [0.05, 0.1) is 12.9 Å². The zero-order chi connectivity index (χ0) is 20.7. The molecule has 0 N–H and O–H groups in total. The minimum Gasteiger partial charge on any atom is -0.497 e. The van der Waals surface area contributed by atoms with Gasteiger partial charge >= 0.3 is 10.1 Å². The van der Waals surface area contributed by atoms with Crippen molar-refractivity contribution in [3.63, 3.8) is 0 Å². The van der Waals surface area contributed by atoms with Gasteiger partial charge in [-0.2, -0.15) is 8.42 Å². The van der Waals surface area contributed by atoms with Gasteiger partial charge in [-0.3, -0.25) is 4.79 Å². The molecular weight excluding hydrogens is 376 g/mol. The van der Waals surface area contributed by atoms with Crippen molar-refractivity contribution in [3.8, 4) is 11.5 Å². The quantitative estimate of drug-likeness (QED) is 0.487. The first-order valence-corrected chi connectivity index (χ1v) is 10.4. The van der Waals surface area contributed by atoms with Gasteiger partial charge in [0.2, 0.25) is 0 Å². The molecule has 0 spiro atoms. The van der Waals surface area contributed by atoms with E-state index in [-0.39, 0.29) is 17.3 Å². The first kappa shape index (κ1) is 21.4. The van der Waals surface area contributed by atoms with Gasteiger partial charge in [-0.1, -0.05) is 24.3 Å². The number of methoxy groups -OCH3 is 1. The van der Waals surface area contributed by atoms with Crippen molar-refractivity contribution >= 4 is 28.1 Å². The lowest BCUT2D eigenvalue weighted by atomic mass is 10.1. The summed E-state index contributed by atoms with van der Waals surface area (Å²) >= 11 is 0. The maximum absolute atomic E-state index is 12.1. The molecule has 0 atom stereocenters. The second kappa shape index (κ2) is 9.37. The van der Waals surface area contributed by atoms with E-state index in [1.165, 1.54) is 19.1 Å². The standard InChI is InChI=1S/C22H24O5S/c1-5-28(24,25)27-22-13-9-19(17(3)15-22)7-11-20(23)10-6-18-8-12-21(26-4)14-16(18)2/h6-15H,5H2,1-4H3/b10-6+,11-7+. The van der Waals surface area contributed by atoms with E-state index in [1.807, 2.05) is 32.0 Å². The number of aryl methyl sites for hydroxylation is 2. The average Bonchev–Trinajstić information content (AvgIpc) is 2.66. The molecule has 0 unspecified atom stereocenters. The second-order valence-corrected chi connectivity index (χ2v) is 8.10. The lowest BCUT2D eigenvalue weighted by molar-refractivity contribution is -0.110. The lowest BCUT2D eigenvalue weighted by Gasteiger charge is -2.07. The predicted molar refractivity (Wildman–Crippen MR) is 112 cm³/mol. The monoisotopic (exact) mass is 400 g/mol. The SMILES string of the molecule is CCS(=O)(=O)Oc1ccc(/C=C/C(=O)/C=C/c2ccc(OC)cc2C)c(C)c1. The molecule has 0 bridgehead atoms. The van der Waals surface area contributed by atoms with Gasteiger partial charge in [0.25, 0.3) is 0 Å². The third-order valence-electron chi connectivity index (χ3n) is 4.15. The molecule has 0 heterocycles. The number of rotatable bonds is 8. The van der Waals surface area contributed by atoms with E-state index in [9.17, 15) is 13.2 Å². The van der Waals surface area contributed by atoms with Gasteiger partial charge < -0.3 is 8.92 Å². The highest BCUT2D eigenvalue weighted by atomic mass is 32.2. The summed E-state index contributed by atoms with van der Waals surface area (Å²) in [6, 6.07) is 10.6. The highest BCUT2D eigenvalue weighted by Gasteiger charge is 2.09. The van der Waals surface area contributed by atoms with Crippen molar-refractivity contribution in [1.29, 1.82) is 0 Å². The molecule has 28 heavy (non-hydrogen) atoms. The third-order valence-corrected chi connectivity index (χ3v) is 5.30. The summed E-state index contributed by atoms with van der Waals surface area (Å²) in [5, 5.41) is 0. The van der Waals surface area contributed by atoms with Crippen molar-refractivity contribution in [2.45, 2.75) is 20.8 Å². The molecule has 2 aromatic rings. The van der Waals surface area contributed by atoms with E-state index in [1.54, 1.807) is 37.5 Å². The number of hydrogen-bond acceptors (Lipinski definition) is 5. The van der Waals surface area contributed by atoms with Gasteiger partial charge in [0, 0.05) is 0 Å². The number of benzene rings is 2. The number of carbonyl (C=O) groups excluding carboxylic acids is 1. The molecule has 2 aromatic carbocycles. The van der Waals surface area contributed by atoms with Gasteiger partial charge in [-0.15, -0.1) is 0 Å². The Kier molecular flexibility index (Phi) is 7.18. The van der Waals surface area contributed by atoms with Crippen LogP contribution in [0, 0.1) is 13.8 Å². The van der Waals surface area contributed by atoms with Crippen molar-refractivity contribution in [3.05, 3.63) is 70.8 Å². The van der Waals surface area contributed by atoms with Crippen molar-refractivity contribution in [2.75, 3.05) is 12.9 Å². The summed E-state index contributed by atoms with van der Waals surface area (Å²) in [5.41, 5.74) is 3.57. The van der Waals surface area contributed by atoms with Crippen molar-refractivity contribution < 1.29 is 22.1 Å². The van der Waals surface area contributed by atoms with E-state index in [2.05, 4.69) is 0 Å². The zero-order valence-electron chi connectivity index (χ0n) is 16.4. The normalized spacial score (nSPS) is 11.9. The molecule has 148 valence electrons. The minimum absolute atomic E-state index is 0.0950. The molecule has 5 nitrogen and oxygen atoms in total. The third kappa shape index (κ3) is 6.09. The first-order valence-electron chi connectivity index (χ1n) is 8.81. The van der Waals surface area contributed by atoms with Crippen LogP contribution in [0.3, 0.4) is 0 Å². The molecule has 0 aromatic heterocycles. The Morgan fingerprint density at radius 2 is 1.43 bits per heavy atom. The Morgan fingerprint density at radius 3 is 1.89 bits per heavy atom. The van der Waals surface area contributed by atoms with Crippen molar-refractivity contribution in [1.82, 2.24) is 0 Å². The molecule has 0 radical (unpaired) electrons. The molecule has 0 amide bonds. The Bertz CT molecular complexity index is 1020. The van der Waals surface area contributed by atoms with Gasteiger partial charge in [-0.05, 0) is 79.4 Å². The Hall–Kier alpha value is -2.86. The molecule has 0 saturated heterocycles. The fraction of sp³-hybridized carbons (Fsp3) is 0.227. The highest BCUT2D eigenvalue weighted by Crippen LogP contribution is 2.20. The summed E-state index contributed by atoms with van der Waals surface area (Å²) < 4.78 is 33.2. The fourth-order valence-corrected chi connectivity index (χ4v) is 2.97. The zero-order valence-corrected chi connectivity index (χ0v) is 17.2. The molecule has 6 heteroatoms. The smallest absolute Gasteiger partial charge is 0.308 e. The van der Waals surface area contributed by atoms with E-state index in [4.69, 9.17) is 8.92 Å². The van der Waals surface area contributed by atoms with Crippen LogP contribution in [0.25, 0.3) is 12.2 Å². The predicted octanol–water partition coefficient (Wildman–Crippen LogP) is 4.34. The van der Waals surface area contributed by atoms with Crippen LogP contribution in [0.4, 0.5) is 0 Å². The summed E-state index contributed by atoms with van der Waals surface area (Å²) in [4.78, 5) is 12.1. The number of ketones is 1. The number of allylic oxidation sites excluding steroid dienone is 2. The van der Waals surface area contributed by atoms with Crippen LogP contribution in [0.5, 0.6) is 11.5 Å². The fourth-order valence-electron chi connectivity index (χ4n) is 2.45. The van der Waals surface area contributed by atoms with Crippen LogP contribution in [-0.4, -0.2) is 27.1 Å². The van der Waals surface area contributed by atoms with E-state index < -0.39 is 10.1 Å². The van der Waals surface area contributed by atoms with Crippen LogP contribution >= 0.6 is 0 Å². The van der Waals surface area contributed by atoms with Crippen molar-refractivity contribution in [2.24, 2.45) is 0 Å². The van der Waals surface area contributed by atoms with Crippen LogP contribution in [0.15, 0.2) is 48.6 Å². The largest absolute Gasteiger partial charge is 0.497 e. The molecule has 0 saturated carbocycles. The minimum atomic E-state index is -3.56. The highest BCUT2D eigenvalue weighted by molar-refractivity contribution is 7.87. The van der Waals surface area contributed by atoms with Gasteiger partial charge in [0.15, 0.2) is 5.78 Å². The van der Waals surface area contributed by atoms with E-state index in [0.717, 1.165) is 28.0 Å². The van der Waals surface area contributed by atoms with Crippen LogP contribution < -0.4 is 8.92 Å². The molecule has 0 fully saturated rings.